The summed E-state index contributed by atoms with van der Waals surface area (Å²) in [6.07, 6.45) is 22.4. The van der Waals surface area contributed by atoms with E-state index in [9.17, 15) is 9.59 Å². The Kier molecular flexibility index (Phi) is 13.9. The van der Waals surface area contributed by atoms with Gasteiger partial charge in [-0.15, -0.1) is 0 Å². The summed E-state index contributed by atoms with van der Waals surface area (Å²) < 4.78 is 10.9. The van der Waals surface area contributed by atoms with Crippen LogP contribution in [0.1, 0.15) is 118 Å². The number of carbonyl (C=O) groups excluding carboxylic acids is 2. The Bertz CT molecular complexity index is 645. The summed E-state index contributed by atoms with van der Waals surface area (Å²) in [5.74, 6) is -0.120. The van der Waals surface area contributed by atoms with Gasteiger partial charge >= 0.3 is 6.03 Å². The maximum atomic E-state index is 13.0. The fourth-order valence-corrected chi connectivity index (χ4v) is 4.72. The second-order valence-corrected chi connectivity index (χ2v) is 10.9. The maximum absolute atomic E-state index is 13.0. The number of amides is 3. The molecule has 0 aromatic carbocycles. The van der Waals surface area contributed by atoms with Gasteiger partial charge in [0.05, 0.1) is 25.9 Å². The molecule has 0 N–H and O–H groups in total. The monoisotopic (exact) mass is 492 g/mol. The van der Waals surface area contributed by atoms with Crippen molar-refractivity contribution in [2.45, 2.75) is 135 Å². The van der Waals surface area contributed by atoms with Gasteiger partial charge in [-0.05, 0) is 52.9 Å². The minimum Gasteiger partial charge on any atom is -0.374 e. The van der Waals surface area contributed by atoms with Crippen molar-refractivity contribution in [3.05, 3.63) is 12.2 Å². The largest absolute Gasteiger partial charge is 0.374 e. The summed E-state index contributed by atoms with van der Waals surface area (Å²) in [6.45, 7) is 10.1. The molecule has 0 bridgehead atoms. The van der Waals surface area contributed by atoms with Crippen LogP contribution in [0.25, 0.3) is 0 Å². The van der Waals surface area contributed by atoms with Crippen LogP contribution in [-0.2, 0) is 14.3 Å². The summed E-state index contributed by atoms with van der Waals surface area (Å²) >= 11 is 0. The van der Waals surface area contributed by atoms with Crippen LogP contribution in [0, 0.1) is 0 Å². The van der Waals surface area contributed by atoms with Crippen LogP contribution in [0.4, 0.5) is 4.79 Å². The van der Waals surface area contributed by atoms with E-state index in [2.05, 4.69) is 19.1 Å². The maximum Gasteiger partial charge on any atom is 0.327 e. The molecule has 3 amide bonds. The average Bonchev–Trinajstić information content (AvgIpc) is 3.64. The lowest BCUT2D eigenvalue weighted by Crippen LogP contribution is -2.44. The third kappa shape index (κ3) is 11.0. The molecule has 0 aromatic heterocycles. The van der Waals surface area contributed by atoms with Crippen molar-refractivity contribution in [3.63, 3.8) is 0 Å². The molecule has 2 unspecified atom stereocenters. The standard InChI is InChI=1S/C29H52N2O4/c1-5-6-7-8-9-10-11-12-13-14-15-16-17-18-19-20-21-31-28(33)30(27(32)29(31,3)4)22-25(2)34-23-26-24-35-26/h12-13,25-26H,5-11,14-24H2,1-4H3/b13-12-. The predicted octanol–water partition coefficient (Wildman–Crippen LogP) is 6.87. The zero-order valence-corrected chi connectivity index (χ0v) is 23.1. The van der Waals surface area contributed by atoms with Gasteiger partial charge in [-0.25, -0.2) is 4.79 Å². The molecule has 0 radical (unpaired) electrons. The molecule has 2 fully saturated rings. The molecule has 2 saturated heterocycles. The number of rotatable bonds is 21. The van der Waals surface area contributed by atoms with Gasteiger partial charge in [0.1, 0.15) is 11.6 Å². The highest BCUT2D eigenvalue weighted by Gasteiger charge is 2.51. The smallest absolute Gasteiger partial charge is 0.327 e. The van der Waals surface area contributed by atoms with Gasteiger partial charge in [-0.2, -0.15) is 0 Å². The van der Waals surface area contributed by atoms with E-state index >= 15 is 0 Å². The topological polar surface area (TPSA) is 62.4 Å². The number of epoxide rings is 1. The summed E-state index contributed by atoms with van der Waals surface area (Å²) in [4.78, 5) is 29.0. The van der Waals surface area contributed by atoms with Gasteiger partial charge in [0.2, 0.25) is 0 Å². The molecule has 0 aliphatic carbocycles. The lowest BCUT2D eigenvalue weighted by atomic mass is 10.0. The highest BCUT2D eigenvalue weighted by molar-refractivity contribution is 6.06. The summed E-state index contributed by atoms with van der Waals surface area (Å²) in [5.41, 5.74) is -0.780. The number of urea groups is 1. The molecule has 2 aliphatic rings. The normalized spacial score (nSPS) is 20.4. The number of carbonyl (C=O) groups is 2. The fourth-order valence-electron chi connectivity index (χ4n) is 4.72. The molecule has 6 nitrogen and oxygen atoms in total. The van der Waals surface area contributed by atoms with Gasteiger partial charge in [-0.3, -0.25) is 9.69 Å². The van der Waals surface area contributed by atoms with Crippen molar-refractivity contribution < 1.29 is 19.1 Å². The Balaban J connectivity index is 1.51. The Hall–Kier alpha value is -1.40. The van der Waals surface area contributed by atoms with Gasteiger partial charge in [-0.1, -0.05) is 76.9 Å². The third-order valence-corrected chi connectivity index (χ3v) is 7.21. The first kappa shape index (κ1) is 29.8. The molecule has 6 heteroatoms. The number of hydrogen-bond donors (Lipinski definition) is 0. The van der Waals surface area contributed by atoms with Gasteiger partial charge in [0.25, 0.3) is 5.91 Å². The quantitative estimate of drug-likeness (QED) is 0.0759. The molecule has 0 saturated carbocycles. The molecule has 0 aromatic rings. The Morgan fingerprint density at radius 3 is 2.06 bits per heavy atom. The lowest BCUT2D eigenvalue weighted by Gasteiger charge is -2.27. The molecular weight excluding hydrogens is 440 g/mol. The van der Waals surface area contributed by atoms with Gasteiger partial charge < -0.3 is 14.4 Å². The highest BCUT2D eigenvalue weighted by Crippen LogP contribution is 2.28. The molecule has 2 aliphatic heterocycles. The predicted molar refractivity (Wildman–Crippen MR) is 142 cm³/mol. The summed E-state index contributed by atoms with van der Waals surface area (Å²) in [6, 6.07) is -0.175. The minimum absolute atomic E-state index is 0.120. The van der Waals surface area contributed by atoms with Crippen molar-refractivity contribution in [1.82, 2.24) is 9.80 Å². The summed E-state index contributed by atoms with van der Waals surface area (Å²) in [5, 5.41) is 0. The number of imide groups is 1. The zero-order valence-electron chi connectivity index (χ0n) is 23.1. The SMILES string of the molecule is CCCCCCCC/C=C\CCCCCCCCN1C(=O)N(CC(C)OCC2CO2)C(=O)C1(C)C. The first-order chi connectivity index (χ1) is 16.9. The van der Waals surface area contributed by atoms with Crippen molar-refractivity contribution >= 4 is 11.9 Å². The molecule has 35 heavy (non-hydrogen) atoms. The highest BCUT2D eigenvalue weighted by atomic mass is 16.6. The van der Waals surface area contributed by atoms with Crippen LogP contribution >= 0.6 is 0 Å². The number of allylic oxidation sites excluding steroid dienone is 2. The molecular formula is C29H52N2O4. The van der Waals surface area contributed by atoms with E-state index in [1.54, 1.807) is 4.90 Å². The second kappa shape index (κ2) is 16.4. The number of nitrogens with zero attached hydrogens (tertiary/aromatic N) is 2. The Labute approximate surface area is 214 Å². The first-order valence-electron chi connectivity index (χ1n) is 14.4. The van der Waals surface area contributed by atoms with E-state index < -0.39 is 5.54 Å². The van der Waals surface area contributed by atoms with Gasteiger partial charge in [0, 0.05) is 6.54 Å². The molecule has 2 atom stereocenters. The van der Waals surface area contributed by atoms with Crippen LogP contribution in [0.3, 0.4) is 0 Å². The fraction of sp³-hybridized carbons (Fsp3) is 0.862. The van der Waals surface area contributed by atoms with Crippen molar-refractivity contribution in [2.75, 3.05) is 26.3 Å². The number of unbranched alkanes of at least 4 members (excludes halogenated alkanes) is 12. The Morgan fingerprint density at radius 1 is 0.943 bits per heavy atom. The van der Waals surface area contributed by atoms with E-state index in [-0.39, 0.29) is 24.1 Å². The second-order valence-electron chi connectivity index (χ2n) is 10.9. The van der Waals surface area contributed by atoms with Crippen LogP contribution in [0.2, 0.25) is 0 Å². The third-order valence-electron chi connectivity index (χ3n) is 7.21. The molecule has 202 valence electrons. The van der Waals surface area contributed by atoms with E-state index in [0.29, 0.717) is 19.7 Å². The van der Waals surface area contributed by atoms with Crippen LogP contribution in [0.15, 0.2) is 12.2 Å². The van der Waals surface area contributed by atoms with E-state index in [1.807, 2.05) is 20.8 Å². The van der Waals surface area contributed by atoms with Crippen LogP contribution in [-0.4, -0.2) is 65.8 Å². The average molecular weight is 493 g/mol. The number of ether oxygens (including phenoxy) is 2. The van der Waals surface area contributed by atoms with E-state index in [1.165, 1.54) is 81.9 Å². The van der Waals surface area contributed by atoms with Crippen LogP contribution < -0.4 is 0 Å². The Morgan fingerprint density at radius 2 is 1.49 bits per heavy atom. The van der Waals surface area contributed by atoms with E-state index in [4.69, 9.17) is 9.47 Å². The minimum atomic E-state index is -0.780. The zero-order chi connectivity index (χ0) is 25.5. The molecule has 2 rings (SSSR count). The van der Waals surface area contributed by atoms with Crippen LogP contribution in [0.5, 0.6) is 0 Å². The summed E-state index contributed by atoms with van der Waals surface area (Å²) in [7, 11) is 0. The van der Waals surface area contributed by atoms with Gasteiger partial charge in [0.15, 0.2) is 0 Å². The van der Waals surface area contributed by atoms with E-state index in [0.717, 1.165) is 19.4 Å². The lowest BCUT2D eigenvalue weighted by molar-refractivity contribution is -0.133. The van der Waals surface area contributed by atoms with Crippen molar-refractivity contribution in [3.8, 4) is 0 Å². The first-order valence-corrected chi connectivity index (χ1v) is 14.4. The molecule has 0 spiro atoms. The van der Waals surface area contributed by atoms with Crippen molar-refractivity contribution in [1.29, 1.82) is 0 Å². The number of hydrogen-bond acceptors (Lipinski definition) is 4. The van der Waals surface area contributed by atoms with Crippen molar-refractivity contribution in [2.24, 2.45) is 0 Å². The molecule has 2 heterocycles.